The van der Waals surface area contributed by atoms with Crippen LogP contribution in [0.1, 0.15) is 33.4 Å². The molecule has 7 heteroatoms. The molecule has 0 spiro atoms. The number of hydrogen-bond donors (Lipinski definition) is 1. The van der Waals surface area contributed by atoms with Crippen molar-refractivity contribution >= 4 is 17.2 Å². The van der Waals surface area contributed by atoms with Gasteiger partial charge in [0.15, 0.2) is 0 Å². The fourth-order valence-electron chi connectivity index (χ4n) is 4.21. The van der Waals surface area contributed by atoms with Crippen LogP contribution in [0, 0.1) is 18.8 Å². The molecule has 160 valence electrons. The molecule has 30 heavy (non-hydrogen) atoms. The van der Waals surface area contributed by atoms with Crippen molar-refractivity contribution in [3.8, 4) is 16.9 Å². The molecule has 0 amide bonds. The van der Waals surface area contributed by atoms with Gasteiger partial charge in [0.2, 0.25) is 0 Å². The second-order valence-corrected chi connectivity index (χ2v) is 9.37. The summed E-state index contributed by atoms with van der Waals surface area (Å²) >= 11 is 0. The number of aldehydes is 1. The Morgan fingerprint density at radius 1 is 1.27 bits per heavy atom. The Kier molecular flexibility index (Phi) is 5.18. The lowest BCUT2D eigenvalue weighted by Crippen LogP contribution is -2.30. The van der Waals surface area contributed by atoms with Crippen molar-refractivity contribution in [2.75, 3.05) is 13.1 Å². The van der Waals surface area contributed by atoms with Crippen LogP contribution in [0.15, 0.2) is 24.5 Å². The first-order valence-electron chi connectivity index (χ1n) is 10.5. The van der Waals surface area contributed by atoms with E-state index in [0.717, 1.165) is 52.8 Å². The number of ether oxygens (including phenoxy) is 1. The normalized spacial score (nSPS) is 20.6. The Hall–Kier alpha value is -2.67. The summed E-state index contributed by atoms with van der Waals surface area (Å²) in [6.45, 7) is 12.0. The van der Waals surface area contributed by atoms with E-state index in [-0.39, 0.29) is 23.5 Å². The van der Waals surface area contributed by atoms with Gasteiger partial charge in [-0.3, -0.25) is 9.36 Å². The van der Waals surface area contributed by atoms with Gasteiger partial charge in [0.25, 0.3) is 0 Å². The van der Waals surface area contributed by atoms with E-state index in [1.54, 1.807) is 0 Å². The van der Waals surface area contributed by atoms with Crippen LogP contribution in [-0.4, -0.2) is 45.0 Å². The summed E-state index contributed by atoms with van der Waals surface area (Å²) in [6.07, 6.45) is 4.91. The van der Waals surface area contributed by atoms with E-state index in [1.165, 1.54) is 0 Å². The number of nitrogens with zero attached hydrogens (tertiary/aromatic N) is 4. The van der Waals surface area contributed by atoms with E-state index in [2.05, 4.69) is 63.4 Å². The van der Waals surface area contributed by atoms with Crippen molar-refractivity contribution in [3.05, 3.63) is 30.2 Å². The zero-order chi connectivity index (χ0) is 21.6. The minimum atomic E-state index is -0.0921. The number of aromatic nitrogens is 4. The summed E-state index contributed by atoms with van der Waals surface area (Å²) in [5.41, 5.74) is 3.92. The molecule has 1 aliphatic heterocycles. The van der Waals surface area contributed by atoms with Gasteiger partial charge >= 0.3 is 0 Å². The van der Waals surface area contributed by atoms with Gasteiger partial charge in [0.1, 0.15) is 18.1 Å². The Labute approximate surface area is 177 Å². The van der Waals surface area contributed by atoms with Crippen LogP contribution in [0.5, 0.6) is 5.75 Å². The first-order chi connectivity index (χ1) is 14.2. The summed E-state index contributed by atoms with van der Waals surface area (Å²) in [5.74, 6) is 0.946. The molecule has 1 aromatic carbocycles. The topological polar surface area (TPSA) is 74.0 Å². The fourth-order valence-corrected chi connectivity index (χ4v) is 4.21. The van der Waals surface area contributed by atoms with Crippen LogP contribution in [0.2, 0.25) is 0 Å². The Morgan fingerprint density at radius 3 is 2.70 bits per heavy atom. The first kappa shape index (κ1) is 20.6. The van der Waals surface area contributed by atoms with Crippen LogP contribution in [0.3, 0.4) is 0 Å². The van der Waals surface area contributed by atoms with E-state index in [9.17, 15) is 4.79 Å². The SMILES string of the molecule is Cc1c2c(O[C@H](C)[C@H]3CNCC3C=O)cc(-c3cnn(C(C)(C)C)c3)cc2nn1C. The second-order valence-electron chi connectivity index (χ2n) is 9.37. The van der Waals surface area contributed by atoms with E-state index in [1.807, 2.05) is 22.6 Å². The highest BCUT2D eigenvalue weighted by Gasteiger charge is 2.33. The van der Waals surface area contributed by atoms with E-state index < -0.39 is 0 Å². The van der Waals surface area contributed by atoms with Crippen LogP contribution >= 0.6 is 0 Å². The lowest BCUT2D eigenvalue weighted by atomic mass is 9.92. The largest absolute Gasteiger partial charge is 0.490 e. The molecule has 1 saturated heterocycles. The molecule has 1 N–H and O–H groups in total. The lowest BCUT2D eigenvalue weighted by molar-refractivity contribution is -0.112. The van der Waals surface area contributed by atoms with E-state index in [0.29, 0.717) is 0 Å². The van der Waals surface area contributed by atoms with Gasteiger partial charge in [-0.05, 0) is 52.3 Å². The molecule has 2 aromatic heterocycles. The quantitative estimate of drug-likeness (QED) is 0.655. The zero-order valence-corrected chi connectivity index (χ0v) is 18.6. The Bertz CT molecular complexity index is 1080. The van der Waals surface area contributed by atoms with Gasteiger partial charge < -0.3 is 14.8 Å². The van der Waals surface area contributed by atoms with Crippen LogP contribution < -0.4 is 10.1 Å². The van der Waals surface area contributed by atoms with E-state index >= 15 is 0 Å². The van der Waals surface area contributed by atoms with Crippen molar-refractivity contribution in [2.24, 2.45) is 18.9 Å². The summed E-state index contributed by atoms with van der Waals surface area (Å²) in [5, 5.41) is 13.6. The number of nitrogens with one attached hydrogen (secondary N) is 1. The maximum Gasteiger partial charge on any atom is 0.131 e. The number of fused-ring (bicyclic) bond motifs is 1. The molecular formula is C23H31N5O2. The zero-order valence-electron chi connectivity index (χ0n) is 18.6. The third-order valence-electron chi connectivity index (χ3n) is 6.19. The molecule has 3 atom stereocenters. The highest BCUT2D eigenvalue weighted by molar-refractivity contribution is 5.92. The van der Waals surface area contributed by atoms with Crippen LogP contribution in [0.4, 0.5) is 0 Å². The molecule has 3 aromatic rings. The standard InChI is InChI=1S/C23H31N5O2/c1-14-22-20(26-27(14)6)7-16(17-10-25-28(12-17)23(3,4)5)8-21(22)30-15(2)19-11-24-9-18(19)13-29/h7-8,10,12-13,15,18-19,24H,9,11H2,1-6H3/t15-,18?,19-/m1/s1. The summed E-state index contributed by atoms with van der Waals surface area (Å²) < 4.78 is 10.3. The smallest absolute Gasteiger partial charge is 0.131 e. The average molecular weight is 410 g/mol. The minimum absolute atomic E-state index is 0.0151. The fraction of sp³-hybridized carbons (Fsp3) is 0.522. The number of aryl methyl sites for hydroxylation is 2. The predicted octanol–water partition coefficient (Wildman–Crippen LogP) is 3.30. The van der Waals surface area contributed by atoms with Crippen LogP contribution in [0.25, 0.3) is 22.0 Å². The summed E-state index contributed by atoms with van der Waals surface area (Å²) in [4.78, 5) is 11.4. The monoisotopic (exact) mass is 409 g/mol. The number of benzene rings is 1. The summed E-state index contributed by atoms with van der Waals surface area (Å²) in [6, 6.07) is 4.17. The van der Waals surface area contributed by atoms with Gasteiger partial charge in [-0.15, -0.1) is 0 Å². The first-order valence-corrected chi connectivity index (χ1v) is 10.5. The molecule has 0 bridgehead atoms. The molecule has 4 rings (SSSR count). The molecule has 0 radical (unpaired) electrons. The lowest BCUT2D eigenvalue weighted by Gasteiger charge is -2.24. The van der Waals surface area contributed by atoms with Gasteiger partial charge in [0, 0.05) is 49.4 Å². The van der Waals surface area contributed by atoms with Crippen molar-refractivity contribution in [2.45, 2.75) is 46.3 Å². The maximum atomic E-state index is 11.4. The average Bonchev–Trinajstić information content (AvgIpc) is 3.40. The molecule has 1 unspecified atom stereocenters. The highest BCUT2D eigenvalue weighted by Crippen LogP contribution is 2.36. The van der Waals surface area contributed by atoms with Crippen LogP contribution in [-0.2, 0) is 17.4 Å². The van der Waals surface area contributed by atoms with Crippen molar-refractivity contribution in [1.82, 2.24) is 24.9 Å². The maximum absolute atomic E-state index is 11.4. The van der Waals surface area contributed by atoms with E-state index in [4.69, 9.17) is 9.84 Å². The van der Waals surface area contributed by atoms with Gasteiger partial charge in [-0.2, -0.15) is 10.2 Å². The van der Waals surface area contributed by atoms with Gasteiger partial charge in [0.05, 0.1) is 22.6 Å². The number of rotatable bonds is 5. The molecule has 0 aliphatic carbocycles. The number of carbonyl (C=O) groups excluding carboxylic acids is 1. The molecule has 1 fully saturated rings. The minimum Gasteiger partial charge on any atom is -0.490 e. The second kappa shape index (κ2) is 7.54. The number of carbonyl (C=O) groups is 1. The molecular weight excluding hydrogens is 378 g/mol. The Balaban J connectivity index is 1.76. The van der Waals surface area contributed by atoms with Crippen molar-refractivity contribution in [3.63, 3.8) is 0 Å². The van der Waals surface area contributed by atoms with Crippen molar-refractivity contribution < 1.29 is 9.53 Å². The highest BCUT2D eigenvalue weighted by atomic mass is 16.5. The number of hydrogen-bond acceptors (Lipinski definition) is 5. The molecule has 0 saturated carbocycles. The molecule has 7 nitrogen and oxygen atoms in total. The third kappa shape index (κ3) is 3.62. The predicted molar refractivity (Wildman–Crippen MR) is 118 cm³/mol. The van der Waals surface area contributed by atoms with Crippen molar-refractivity contribution in [1.29, 1.82) is 0 Å². The molecule has 3 heterocycles. The van der Waals surface area contributed by atoms with Gasteiger partial charge in [-0.25, -0.2) is 0 Å². The Morgan fingerprint density at radius 2 is 2.03 bits per heavy atom. The molecule has 1 aliphatic rings. The summed E-state index contributed by atoms with van der Waals surface area (Å²) in [7, 11) is 1.95. The third-order valence-corrected chi connectivity index (χ3v) is 6.19. The van der Waals surface area contributed by atoms with Gasteiger partial charge in [-0.1, -0.05) is 0 Å².